The van der Waals surface area contributed by atoms with Gasteiger partial charge in [-0.3, -0.25) is 0 Å². The third kappa shape index (κ3) is 4.28. The largest absolute Gasteiger partial charge is 0.307 e. The summed E-state index contributed by atoms with van der Waals surface area (Å²) in [6.45, 7) is 2.24. The highest BCUT2D eigenvalue weighted by atomic mass is 32.2. The van der Waals surface area contributed by atoms with E-state index in [1.165, 1.54) is 17.7 Å². The van der Waals surface area contributed by atoms with Crippen molar-refractivity contribution in [2.45, 2.75) is 32.4 Å². The summed E-state index contributed by atoms with van der Waals surface area (Å²) >= 11 is 3.51. The first-order valence-corrected chi connectivity index (χ1v) is 18.3. The molecule has 0 aromatic heterocycles. The van der Waals surface area contributed by atoms with Crippen LogP contribution in [0.25, 0.3) is 22.3 Å². The van der Waals surface area contributed by atoms with E-state index >= 15 is 8.78 Å². The Morgan fingerprint density at radius 3 is 1.44 bits per heavy atom. The molecule has 0 fully saturated rings. The Morgan fingerprint density at radius 1 is 0.440 bits per heavy atom. The van der Waals surface area contributed by atoms with Crippen LogP contribution in [0.5, 0.6) is 0 Å². The molecule has 0 radical (unpaired) electrons. The Bertz CT molecular complexity index is 2480. The van der Waals surface area contributed by atoms with Gasteiger partial charge in [-0.05, 0) is 66.2 Å². The van der Waals surface area contributed by atoms with Crippen LogP contribution in [0, 0.1) is 11.6 Å². The molecule has 0 saturated heterocycles. The van der Waals surface area contributed by atoms with Gasteiger partial charge in [-0.25, -0.2) is 8.78 Å². The molecule has 7 aromatic carbocycles. The summed E-state index contributed by atoms with van der Waals surface area (Å²) in [6.07, 6.45) is 0. The zero-order chi connectivity index (χ0) is 33.5. The van der Waals surface area contributed by atoms with Crippen LogP contribution in [0.15, 0.2) is 165 Å². The van der Waals surface area contributed by atoms with Crippen LogP contribution >= 0.6 is 23.5 Å². The number of para-hydroxylation sites is 4. The molecule has 3 aliphatic heterocycles. The second-order valence-corrected chi connectivity index (χ2v) is 14.9. The summed E-state index contributed by atoms with van der Waals surface area (Å²) in [7, 11) is 0. The van der Waals surface area contributed by atoms with Gasteiger partial charge in [0.1, 0.15) is 11.6 Å². The van der Waals surface area contributed by atoms with E-state index in [2.05, 4.69) is 108 Å². The number of hydrogen-bond acceptors (Lipinski definition) is 4. The first-order chi connectivity index (χ1) is 24.6. The molecule has 50 heavy (non-hydrogen) atoms. The van der Waals surface area contributed by atoms with Gasteiger partial charge >= 0.3 is 0 Å². The second kappa shape index (κ2) is 11.4. The van der Waals surface area contributed by atoms with Gasteiger partial charge in [0.05, 0.1) is 34.1 Å². The maximum Gasteiger partial charge on any atom is 0.131 e. The van der Waals surface area contributed by atoms with E-state index in [0.29, 0.717) is 16.7 Å². The molecule has 0 aliphatic carbocycles. The van der Waals surface area contributed by atoms with Crippen LogP contribution < -0.4 is 9.80 Å². The van der Waals surface area contributed by atoms with Crippen molar-refractivity contribution in [3.63, 3.8) is 0 Å². The standard InChI is InChI=1S/C44H28F2N2S2/c1-26-27-15-12-24-40-42(27)48(36-20-8-11-23-39(36)50-40)44-31(29-14-3-5-17-33(29)46)25-30(28-13-2-4-16-32(28)45)43(41(26)44)47-34-18-6-9-21-37(34)49-38-22-10-7-19-35(38)47/h2-26H,1H3. The van der Waals surface area contributed by atoms with Gasteiger partial charge in [0.15, 0.2) is 0 Å². The van der Waals surface area contributed by atoms with Crippen molar-refractivity contribution >= 4 is 57.6 Å². The Balaban J connectivity index is 1.43. The van der Waals surface area contributed by atoms with Crippen molar-refractivity contribution in [1.29, 1.82) is 0 Å². The fourth-order valence-corrected chi connectivity index (χ4v) is 10.0. The Kier molecular flexibility index (Phi) is 6.73. The lowest BCUT2D eigenvalue weighted by atomic mass is 9.79. The van der Waals surface area contributed by atoms with E-state index < -0.39 is 0 Å². The van der Waals surface area contributed by atoms with Gasteiger partial charge < -0.3 is 9.80 Å². The molecule has 2 nitrogen and oxygen atoms in total. The maximum atomic E-state index is 16.3. The third-order valence-corrected chi connectivity index (χ3v) is 12.2. The van der Waals surface area contributed by atoms with Gasteiger partial charge in [0.2, 0.25) is 0 Å². The Morgan fingerprint density at radius 2 is 0.880 bits per heavy atom. The third-order valence-electron chi connectivity index (χ3n) is 10.00. The highest BCUT2D eigenvalue weighted by Gasteiger charge is 2.42. The summed E-state index contributed by atoms with van der Waals surface area (Å²) in [4.78, 5) is 9.18. The minimum Gasteiger partial charge on any atom is -0.307 e. The maximum absolute atomic E-state index is 16.3. The van der Waals surface area contributed by atoms with Crippen LogP contribution in [-0.4, -0.2) is 0 Å². The van der Waals surface area contributed by atoms with Gasteiger partial charge in [0.25, 0.3) is 0 Å². The van der Waals surface area contributed by atoms with Crippen molar-refractivity contribution < 1.29 is 8.78 Å². The molecule has 0 spiro atoms. The zero-order valence-electron chi connectivity index (χ0n) is 26.9. The van der Waals surface area contributed by atoms with E-state index in [4.69, 9.17) is 0 Å². The minimum absolute atomic E-state index is 0.122. The van der Waals surface area contributed by atoms with Gasteiger partial charge in [-0.1, -0.05) is 115 Å². The predicted molar refractivity (Wildman–Crippen MR) is 202 cm³/mol. The van der Waals surface area contributed by atoms with E-state index in [0.717, 1.165) is 64.8 Å². The molecule has 0 saturated carbocycles. The number of rotatable bonds is 3. The molecule has 240 valence electrons. The molecule has 3 heterocycles. The average Bonchev–Trinajstić information content (AvgIpc) is 3.15. The van der Waals surface area contributed by atoms with Crippen molar-refractivity contribution in [3.8, 4) is 22.3 Å². The summed E-state index contributed by atoms with van der Waals surface area (Å²) in [6, 6.07) is 47.7. The lowest BCUT2D eigenvalue weighted by Gasteiger charge is -2.45. The topological polar surface area (TPSA) is 6.48 Å². The summed E-state index contributed by atoms with van der Waals surface area (Å²) in [5, 5.41) is 0. The van der Waals surface area contributed by atoms with Crippen molar-refractivity contribution in [3.05, 3.63) is 168 Å². The van der Waals surface area contributed by atoms with Crippen LogP contribution in [0.1, 0.15) is 24.0 Å². The Labute approximate surface area is 298 Å². The molecule has 0 amide bonds. The highest BCUT2D eigenvalue weighted by Crippen LogP contribution is 2.65. The summed E-state index contributed by atoms with van der Waals surface area (Å²) in [5.41, 5.74) is 10.6. The Hall–Kier alpha value is -5.30. The van der Waals surface area contributed by atoms with Gasteiger partial charge in [0, 0.05) is 53.3 Å². The van der Waals surface area contributed by atoms with E-state index in [9.17, 15) is 0 Å². The zero-order valence-corrected chi connectivity index (χ0v) is 28.5. The van der Waals surface area contributed by atoms with Crippen molar-refractivity contribution in [2.24, 2.45) is 0 Å². The van der Waals surface area contributed by atoms with Crippen molar-refractivity contribution in [2.75, 3.05) is 9.80 Å². The second-order valence-electron chi connectivity index (χ2n) is 12.7. The quantitative estimate of drug-likeness (QED) is 0.182. The number of benzene rings is 7. The monoisotopic (exact) mass is 686 g/mol. The molecule has 7 aromatic rings. The molecule has 3 aliphatic rings. The minimum atomic E-state index is -0.327. The molecule has 1 unspecified atom stereocenters. The SMILES string of the molecule is CC1c2cccc3c2N(c2ccccc2S3)c2c(-c3ccccc3F)cc(-c3ccccc3F)c(N3c4ccccc4Sc4ccccc43)c21. The number of fused-ring (bicyclic) bond motifs is 6. The molecule has 0 N–H and O–H groups in total. The highest BCUT2D eigenvalue weighted by molar-refractivity contribution is 8.00. The number of hydrogen-bond donors (Lipinski definition) is 0. The predicted octanol–water partition coefficient (Wildman–Crippen LogP) is 13.6. The molecule has 1 atom stereocenters. The normalized spacial score (nSPS) is 15.1. The first kappa shape index (κ1) is 29.6. The lowest BCUT2D eigenvalue weighted by molar-refractivity contribution is 0.631. The van der Waals surface area contributed by atoms with Gasteiger partial charge in [-0.15, -0.1) is 0 Å². The molecule has 10 rings (SSSR count). The molecular formula is C44H28F2N2S2. The van der Waals surface area contributed by atoms with Crippen molar-refractivity contribution in [1.82, 2.24) is 0 Å². The molecule has 6 heteroatoms. The van der Waals surface area contributed by atoms with Crippen LogP contribution in [0.2, 0.25) is 0 Å². The van der Waals surface area contributed by atoms with E-state index in [-0.39, 0.29) is 17.6 Å². The average molecular weight is 687 g/mol. The number of anilines is 6. The van der Waals surface area contributed by atoms with Crippen LogP contribution in [0.3, 0.4) is 0 Å². The first-order valence-electron chi connectivity index (χ1n) is 16.6. The van der Waals surface area contributed by atoms with Crippen LogP contribution in [0.4, 0.5) is 42.9 Å². The summed E-state index contributed by atoms with van der Waals surface area (Å²) < 4.78 is 32.5. The molecular weight excluding hydrogens is 659 g/mol. The fraction of sp³-hybridized carbons (Fsp3) is 0.0455. The lowest BCUT2D eigenvalue weighted by Crippen LogP contribution is -2.27. The summed E-state index contributed by atoms with van der Waals surface area (Å²) in [5.74, 6) is -0.770. The van der Waals surface area contributed by atoms with E-state index in [1.807, 2.05) is 30.3 Å². The number of halogens is 2. The number of nitrogens with zero attached hydrogens (tertiary/aromatic N) is 2. The van der Waals surface area contributed by atoms with Gasteiger partial charge in [-0.2, -0.15) is 0 Å². The van der Waals surface area contributed by atoms with Crippen LogP contribution in [-0.2, 0) is 0 Å². The smallest absolute Gasteiger partial charge is 0.131 e. The fourth-order valence-electron chi connectivity index (χ4n) is 7.86. The van der Waals surface area contributed by atoms with E-state index in [1.54, 1.807) is 35.7 Å². The molecule has 0 bridgehead atoms.